The summed E-state index contributed by atoms with van der Waals surface area (Å²) in [4.78, 5) is 8.69. The lowest BCUT2D eigenvalue weighted by molar-refractivity contribution is 0.459. The van der Waals surface area contributed by atoms with Gasteiger partial charge in [0.05, 0.1) is 5.02 Å². The Balaban J connectivity index is 2.29. The van der Waals surface area contributed by atoms with Crippen LogP contribution in [0.1, 0.15) is 19.7 Å². The normalized spacial score (nSPS) is 10.4. The summed E-state index contributed by atoms with van der Waals surface area (Å²) in [6.45, 7) is 4.77. The van der Waals surface area contributed by atoms with Gasteiger partial charge in [-0.3, -0.25) is 0 Å². The van der Waals surface area contributed by atoms with Crippen LogP contribution in [0.2, 0.25) is 10.0 Å². The SMILES string of the molecule is CCNc1cc(Oc2ccc(Cl)cc2Cl)nc(CC)n1. The molecule has 0 amide bonds. The highest BCUT2D eigenvalue weighted by atomic mass is 35.5. The molecule has 0 unspecified atom stereocenters. The topological polar surface area (TPSA) is 47.0 Å². The number of ether oxygens (including phenoxy) is 1. The Bertz CT molecular complexity index is 605. The van der Waals surface area contributed by atoms with Crippen LogP contribution in [0.25, 0.3) is 0 Å². The van der Waals surface area contributed by atoms with Gasteiger partial charge in [0.1, 0.15) is 17.4 Å². The van der Waals surface area contributed by atoms with Gasteiger partial charge in [0.2, 0.25) is 5.88 Å². The standard InChI is InChI=1S/C14H15Cl2N3O/c1-3-12-18-13(17-4-2)8-14(19-12)20-11-6-5-9(15)7-10(11)16/h5-8H,3-4H2,1-2H3,(H,17,18,19). The van der Waals surface area contributed by atoms with Gasteiger partial charge in [-0.05, 0) is 25.1 Å². The molecule has 1 N–H and O–H groups in total. The summed E-state index contributed by atoms with van der Waals surface area (Å²) in [7, 11) is 0. The van der Waals surface area contributed by atoms with E-state index in [0.717, 1.165) is 18.8 Å². The monoisotopic (exact) mass is 311 g/mol. The van der Waals surface area contributed by atoms with Crippen LogP contribution in [0.5, 0.6) is 11.6 Å². The fourth-order valence-electron chi connectivity index (χ4n) is 1.63. The highest BCUT2D eigenvalue weighted by Crippen LogP contribution is 2.31. The fourth-order valence-corrected chi connectivity index (χ4v) is 2.07. The predicted molar refractivity (Wildman–Crippen MR) is 82.1 cm³/mol. The lowest BCUT2D eigenvalue weighted by Crippen LogP contribution is -2.04. The first kappa shape index (κ1) is 14.9. The maximum Gasteiger partial charge on any atom is 0.224 e. The number of halogens is 2. The molecule has 1 aromatic carbocycles. The van der Waals surface area contributed by atoms with Crippen LogP contribution in [0.4, 0.5) is 5.82 Å². The molecular formula is C14H15Cl2N3O. The van der Waals surface area contributed by atoms with E-state index < -0.39 is 0 Å². The number of aromatic nitrogens is 2. The van der Waals surface area contributed by atoms with Gasteiger partial charge in [0.15, 0.2) is 0 Å². The van der Waals surface area contributed by atoms with Crippen molar-refractivity contribution in [3.8, 4) is 11.6 Å². The van der Waals surface area contributed by atoms with Crippen molar-refractivity contribution in [2.45, 2.75) is 20.3 Å². The largest absolute Gasteiger partial charge is 0.437 e. The third kappa shape index (κ3) is 3.74. The Morgan fingerprint density at radius 2 is 1.95 bits per heavy atom. The van der Waals surface area contributed by atoms with Crippen LogP contribution in [-0.4, -0.2) is 16.5 Å². The molecule has 6 heteroatoms. The average molecular weight is 312 g/mol. The van der Waals surface area contributed by atoms with Crippen molar-refractivity contribution in [3.63, 3.8) is 0 Å². The van der Waals surface area contributed by atoms with Crippen molar-refractivity contribution in [3.05, 3.63) is 40.1 Å². The smallest absolute Gasteiger partial charge is 0.224 e. The lowest BCUT2D eigenvalue weighted by Gasteiger charge is -2.10. The zero-order valence-corrected chi connectivity index (χ0v) is 12.8. The molecule has 2 aromatic rings. The summed E-state index contributed by atoms with van der Waals surface area (Å²) in [5.41, 5.74) is 0. The van der Waals surface area contributed by atoms with Gasteiger partial charge in [0, 0.05) is 24.1 Å². The number of rotatable bonds is 5. The van der Waals surface area contributed by atoms with Crippen molar-refractivity contribution in [2.75, 3.05) is 11.9 Å². The molecule has 0 saturated heterocycles. The van der Waals surface area contributed by atoms with Gasteiger partial charge in [-0.15, -0.1) is 0 Å². The summed E-state index contributed by atoms with van der Waals surface area (Å²) in [6, 6.07) is 6.81. The molecule has 106 valence electrons. The molecule has 0 aliphatic heterocycles. The van der Waals surface area contributed by atoms with E-state index in [0.29, 0.717) is 27.5 Å². The molecule has 0 bridgehead atoms. The molecule has 2 rings (SSSR count). The maximum atomic E-state index is 6.09. The molecule has 0 aliphatic carbocycles. The Labute approximate surface area is 128 Å². The minimum Gasteiger partial charge on any atom is -0.437 e. The van der Waals surface area contributed by atoms with Gasteiger partial charge in [-0.25, -0.2) is 4.98 Å². The second-order valence-corrected chi connectivity index (χ2v) is 4.91. The second kappa shape index (κ2) is 6.77. The van der Waals surface area contributed by atoms with Gasteiger partial charge in [-0.1, -0.05) is 30.1 Å². The summed E-state index contributed by atoms with van der Waals surface area (Å²) in [5, 5.41) is 4.15. The third-order valence-electron chi connectivity index (χ3n) is 2.53. The van der Waals surface area contributed by atoms with Crippen LogP contribution in [-0.2, 0) is 6.42 Å². The molecule has 4 nitrogen and oxygen atoms in total. The Hall–Kier alpha value is -1.52. The first-order chi connectivity index (χ1) is 9.62. The number of aryl methyl sites for hydroxylation is 1. The molecule has 0 fully saturated rings. The minimum absolute atomic E-state index is 0.444. The minimum atomic E-state index is 0.444. The first-order valence-electron chi connectivity index (χ1n) is 6.37. The average Bonchev–Trinajstić information content (AvgIpc) is 2.42. The summed E-state index contributed by atoms with van der Waals surface area (Å²) >= 11 is 11.9. The van der Waals surface area contributed by atoms with Crippen molar-refractivity contribution in [1.29, 1.82) is 0 Å². The van der Waals surface area contributed by atoms with E-state index >= 15 is 0 Å². The van der Waals surface area contributed by atoms with Gasteiger partial charge in [0.25, 0.3) is 0 Å². The number of hydrogen-bond acceptors (Lipinski definition) is 4. The predicted octanol–water partition coefficient (Wildman–Crippen LogP) is 4.57. The van der Waals surface area contributed by atoms with Gasteiger partial charge < -0.3 is 10.1 Å². The van der Waals surface area contributed by atoms with Crippen LogP contribution in [0.3, 0.4) is 0 Å². The summed E-state index contributed by atoms with van der Waals surface area (Å²) in [5.74, 6) is 2.42. The van der Waals surface area contributed by atoms with Crippen LogP contribution < -0.4 is 10.1 Å². The summed E-state index contributed by atoms with van der Waals surface area (Å²) in [6.07, 6.45) is 0.726. The number of nitrogens with one attached hydrogen (secondary N) is 1. The molecule has 0 spiro atoms. The summed E-state index contributed by atoms with van der Waals surface area (Å²) < 4.78 is 5.71. The van der Waals surface area contributed by atoms with Crippen molar-refractivity contribution < 1.29 is 4.74 Å². The van der Waals surface area contributed by atoms with Crippen LogP contribution in [0.15, 0.2) is 24.3 Å². The quantitative estimate of drug-likeness (QED) is 0.878. The van der Waals surface area contributed by atoms with E-state index in [4.69, 9.17) is 27.9 Å². The fraction of sp³-hybridized carbons (Fsp3) is 0.286. The van der Waals surface area contributed by atoms with Crippen LogP contribution >= 0.6 is 23.2 Å². The number of benzene rings is 1. The van der Waals surface area contributed by atoms with E-state index in [2.05, 4.69) is 15.3 Å². The van der Waals surface area contributed by atoms with Crippen molar-refractivity contribution in [1.82, 2.24) is 9.97 Å². The molecule has 1 heterocycles. The van der Waals surface area contributed by atoms with E-state index in [-0.39, 0.29) is 0 Å². The number of anilines is 1. The molecule has 1 aromatic heterocycles. The van der Waals surface area contributed by atoms with E-state index in [1.54, 1.807) is 24.3 Å². The van der Waals surface area contributed by atoms with E-state index in [1.165, 1.54) is 0 Å². The van der Waals surface area contributed by atoms with Crippen molar-refractivity contribution >= 4 is 29.0 Å². The molecular weight excluding hydrogens is 297 g/mol. The molecule has 0 radical (unpaired) electrons. The van der Waals surface area contributed by atoms with Gasteiger partial charge in [-0.2, -0.15) is 4.98 Å². The van der Waals surface area contributed by atoms with Crippen molar-refractivity contribution in [2.24, 2.45) is 0 Å². The Morgan fingerprint density at radius 3 is 2.60 bits per heavy atom. The molecule has 0 saturated carbocycles. The maximum absolute atomic E-state index is 6.09. The van der Waals surface area contributed by atoms with E-state index in [1.807, 2.05) is 13.8 Å². The highest BCUT2D eigenvalue weighted by molar-refractivity contribution is 6.35. The number of hydrogen-bond donors (Lipinski definition) is 1. The first-order valence-corrected chi connectivity index (χ1v) is 7.12. The molecule has 20 heavy (non-hydrogen) atoms. The Morgan fingerprint density at radius 1 is 1.15 bits per heavy atom. The van der Waals surface area contributed by atoms with Gasteiger partial charge >= 0.3 is 0 Å². The molecule has 0 atom stereocenters. The number of nitrogens with zero attached hydrogens (tertiary/aromatic N) is 2. The van der Waals surface area contributed by atoms with E-state index in [9.17, 15) is 0 Å². The third-order valence-corrected chi connectivity index (χ3v) is 3.06. The zero-order valence-electron chi connectivity index (χ0n) is 11.3. The second-order valence-electron chi connectivity index (χ2n) is 4.07. The Kier molecular flexibility index (Phi) is 5.04. The lowest BCUT2D eigenvalue weighted by atomic mass is 10.3. The highest BCUT2D eigenvalue weighted by Gasteiger charge is 2.08. The van der Waals surface area contributed by atoms with Crippen LogP contribution in [0, 0.1) is 0 Å². The zero-order chi connectivity index (χ0) is 14.5. The molecule has 0 aliphatic rings.